The molecule has 27 heavy (non-hydrogen) atoms. The first-order valence-electron chi connectivity index (χ1n) is 8.82. The number of benzene rings is 1. The van der Waals surface area contributed by atoms with Crippen molar-refractivity contribution in [2.45, 2.75) is 30.6 Å². The minimum Gasteiger partial charge on any atom is -0.297 e. The lowest BCUT2D eigenvalue weighted by atomic mass is 9.93. The van der Waals surface area contributed by atoms with Crippen molar-refractivity contribution in [1.82, 2.24) is 13.6 Å². The van der Waals surface area contributed by atoms with Crippen LogP contribution in [0.3, 0.4) is 0 Å². The van der Waals surface area contributed by atoms with Gasteiger partial charge in [0.2, 0.25) is 0 Å². The molecule has 2 unspecified atom stereocenters. The van der Waals surface area contributed by atoms with Crippen LogP contribution in [-0.2, 0) is 4.79 Å². The normalized spacial score (nSPS) is 23.0. The largest absolute Gasteiger partial charge is 0.297 e. The van der Waals surface area contributed by atoms with Crippen molar-refractivity contribution in [2.75, 3.05) is 13.1 Å². The molecule has 1 aliphatic heterocycles. The Morgan fingerprint density at radius 1 is 1.33 bits per heavy atom. The molecule has 0 bridgehead atoms. The quantitative estimate of drug-likeness (QED) is 0.729. The predicted molar refractivity (Wildman–Crippen MR) is 111 cm³/mol. The number of hydrogen-bond acceptors (Lipinski definition) is 6. The maximum Gasteiger partial charge on any atom is 0.157 e. The lowest BCUT2D eigenvalue weighted by Crippen LogP contribution is -2.42. The first kappa shape index (κ1) is 20.5. The molecule has 8 heteroatoms. The SMILES string of the molecule is Cl.O=C(C1CC1)C(c1ccccc1F)N1CCC(S)/C(=C\c2cnsn2)C1. The second-order valence-electron chi connectivity index (χ2n) is 6.93. The average molecular weight is 426 g/mol. The highest BCUT2D eigenvalue weighted by molar-refractivity contribution is 7.81. The van der Waals surface area contributed by atoms with Crippen LogP contribution < -0.4 is 0 Å². The van der Waals surface area contributed by atoms with Crippen LogP contribution in [0.4, 0.5) is 4.39 Å². The lowest BCUT2D eigenvalue weighted by molar-refractivity contribution is -0.126. The number of hydrogen-bond donors (Lipinski definition) is 1. The Bertz CT molecular complexity index is 826. The number of rotatable bonds is 5. The molecule has 0 radical (unpaired) electrons. The summed E-state index contributed by atoms with van der Waals surface area (Å²) in [7, 11) is 0. The zero-order valence-electron chi connectivity index (χ0n) is 14.6. The molecule has 4 nitrogen and oxygen atoms in total. The van der Waals surface area contributed by atoms with Gasteiger partial charge in [0.1, 0.15) is 5.82 Å². The fraction of sp³-hybridized carbons (Fsp3) is 0.421. The summed E-state index contributed by atoms with van der Waals surface area (Å²) in [5.41, 5.74) is 2.38. The van der Waals surface area contributed by atoms with Gasteiger partial charge in [0, 0.05) is 29.8 Å². The molecule has 1 aromatic carbocycles. The summed E-state index contributed by atoms with van der Waals surface area (Å²) in [4.78, 5) is 15.1. The monoisotopic (exact) mass is 425 g/mol. The second kappa shape index (κ2) is 8.82. The van der Waals surface area contributed by atoms with Gasteiger partial charge in [0.25, 0.3) is 0 Å². The second-order valence-corrected chi connectivity index (χ2v) is 8.11. The number of carbonyl (C=O) groups excluding carboxylic acids is 1. The summed E-state index contributed by atoms with van der Waals surface area (Å²) < 4.78 is 22.8. The summed E-state index contributed by atoms with van der Waals surface area (Å²) in [6.45, 7) is 1.31. The van der Waals surface area contributed by atoms with Gasteiger partial charge in [-0.25, -0.2) is 4.39 Å². The van der Waals surface area contributed by atoms with E-state index in [1.807, 2.05) is 6.08 Å². The van der Waals surface area contributed by atoms with Crippen LogP contribution in [0, 0.1) is 11.7 Å². The molecule has 0 amide bonds. The molecule has 2 aromatic rings. The molecular weight excluding hydrogens is 405 g/mol. The zero-order chi connectivity index (χ0) is 18.1. The summed E-state index contributed by atoms with van der Waals surface area (Å²) >= 11 is 5.86. The van der Waals surface area contributed by atoms with Gasteiger partial charge in [-0.2, -0.15) is 21.4 Å². The predicted octanol–water partition coefficient (Wildman–Crippen LogP) is 4.21. The average Bonchev–Trinajstić information content (AvgIpc) is 3.37. The van der Waals surface area contributed by atoms with Gasteiger partial charge in [-0.15, -0.1) is 12.4 Å². The van der Waals surface area contributed by atoms with E-state index in [-0.39, 0.29) is 35.2 Å². The van der Waals surface area contributed by atoms with Crippen molar-refractivity contribution in [1.29, 1.82) is 0 Å². The van der Waals surface area contributed by atoms with E-state index in [1.54, 1.807) is 24.4 Å². The van der Waals surface area contributed by atoms with E-state index in [2.05, 4.69) is 13.6 Å². The number of Topliss-reactive ketones (excluding diaryl/α,β-unsaturated/α-hetero) is 1. The molecule has 2 aliphatic rings. The van der Waals surface area contributed by atoms with Gasteiger partial charge in [0.15, 0.2) is 5.78 Å². The van der Waals surface area contributed by atoms with Crippen LogP contribution in [0.1, 0.15) is 36.6 Å². The third-order valence-electron chi connectivity index (χ3n) is 5.03. The number of piperidine rings is 1. The third-order valence-corrected chi connectivity index (χ3v) is 6.11. The third kappa shape index (κ3) is 4.59. The molecule has 1 saturated heterocycles. The Morgan fingerprint density at radius 3 is 2.78 bits per heavy atom. The Hall–Kier alpha value is -1.28. The molecule has 2 heterocycles. The van der Waals surface area contributed by atoms with Crippen molar-refractivity contribution >= 4 is 48.6 Å². The van der Waals surface area contributed by atoms with Crippen LogP contribution in [0.25, 0.3) is 6.08 Å². The molecular formula is C19H21ClFN3OS2. The number of halogens is 2. The maximum atomic E-state index is 14.5. The van der Waals surface area contributed by atoms with Gasteiger partial charge in [-0.1, -0.05) is 18.2 Å². The van der Waals surface area contributed by atoms with E-state index >= 15 is 0 Å². The molecule has 144 valence electrons. The molecule has 1 aliphatic carbocycles. The van der Waals surface area contributed by atoms with E-state index < -0.39 is 6.04 Å². The summed E-state index contributed by atoms with van der Waals surface area (Å²) in [5.74, 6) is -0.0976. The van der Waals surface area contributed by atoms with E-state index in [0.29, 0.717) is 12.1 Å². The van der Waals surface area contributed by atoms with Crippen molar-refractivity contribution in [3.8, 4) is 0 Å². The van der Waals surface area contributed by atoms with Crippen molar-refractivity contribution in [2.24, 2.45) is 5.92 Å². The molecule has 1 aromatic heterocycles. The summed E-state index contributed by atoms with van der Waals surface area (Å²) in [5, 5.41) is 0.116. The topological polar surface area (TPSA) is 46.1 Å². The van der Waals surface area contributed by atoms with Crippen LogP contribution in [-0.4, -0.2) is 37.8 Å². The Kier molecular flexibility index (Phi) is 6.68. The number of carbonyl (C=O) groups is 1. The molecule has 2 fully saturated rings. The van der Waals surface area contributed by atoms with E-state index in [9.17, 15) is 9.18 Å². The zero-order valence-corrected chi connectivity index (χ0v) is 17.2. The number of nitrogens with zero attached hydrogens (tertiary/aromatic N) is 3. The van der Waals surface area contributed by atoms with Crippen LogP contribution in [0.15, 0.2) is 36.0 Å². The summed E-state index contributed by atoms with van der Waals surface area (Å²) in [6, 6.07) is 6.11. The molecule has 4 rings (SSSR count). The number of ketones is 1. The highest BCUT2D eigenvalue weighted by atomic mass is 35.5. The minimum atomic E-state index is -0.526. The van der Waals surface area contributed by atoms with Gasteiger partial charge in [-0.05, 0) is 37.0 Å². The summed E-state index contributed by atoms with van der Waals surface area (Å²) in [6.07, 6.45) is 6.36. The highest BCUT2D eigenvalue weighted by Gasteiger charge is 2.40. The van der Waals surface area contributed by atoms with Gasteiger partial charge in [-0.3, -0.25) is 9.69 Å². The van der Waals surface area contributed by atoms with Crippen LogP contribution in [0.5, 0.6) is 0 Å². The minimum absolute atomic E-state index is 0. The molecule has 2 atom stereocenters. The lowest BCUT2D eigenvalue weighted by Gasteiger charge is -2.37. The molecule has 0 N–H and O–H groups in total. The number of aromatic nitrogens is 2. The van der Waals surface area contributed by atoms with Crippen LogP contribution in [0.2, 0.25) is 0 Å². The van der Waals surface area contributed by atoms with E-state index in [4.69, 9.17) is 12.6 Å². The Labute approximate surface area is 174 Å². The standard InChI is InChI=1S/C19H20FN3OS2.ClH/c20-16-4-2-1-3-15(16)18(19(24)12-5-6-12)23-8-7-17(25)13(11-23)9-14-10-21-26-22-14;/h1-4,9-10,12,17-18,25H,5-8,11H2;1H/b13-9-;. The van der Waals surface area contributed by atoms with Gasteiger partial charge >= 0.3 is 0 Å². The van der Waals surface area contributed by atoms with Gasteiger partial charge in [0.05, 0.1) is 29.7 Å². The first-order chi connectivity index (χ1) is 12.6. The van der Waals surface area contributed by atoms with Gasteiger partial charge < -0.3 is 0 Å². The maximum absolute atomic E-state index is 14.5. The fourth-order valence-electron chi connectivity index (χ4n) is 3.50. The van der Waals surface area contributed by atoms with E-state index in [0.717, 1.165) is 37.1 Å². The number of likely N-dealkylation sites (tertiary alicyclic amines) is 1. The van der Waals surface area contributed by atoms with Crippen molar-refractivity contribution < 1.29 is 9.18 Å². The highest BCUT2D eigenvalue weighted by Crippen LogP contribution is 2.39. The molecule has 0 spiro atoms. The number of thiol groups is 1. The van der Waals surface area contributed by atoms with E-state index in [1.165, 1.54) is 17.8 Å². The Morgan fingerprint density at radius 2 is 2.11 bits per heavy atom. The smallest absolute Gasteiger partial charge is 0.157 e. The van der Waals surface area contributed by atoms with Crippen LogP contribution >= 0.6 is 36.8 Å². The van der Waals surface area contributed by atoms with Crippen molar-refractivity contribution in [3.05, 3.63) is 53.1 Å². The van der Waals surface area contributed by atoms with Crippen molar-refractivity contribution in [3.63, 3.8) is 0 Å². The fourth-order valence-corrected chi connectivity index (χ4v) is 4.17. The first-order valence-corrected chi connectivity index (χ1v) is 10.1. The Balaban J connectivity index is 0.00000210. The molecule has 1 saturated carbocycles.